The van der Waals surface area contributed by atoms with Gasteiger partial charge in [-0.1, -0.05) is 24.3 Å². The van der Waals surface area contributed by atoms with Gasteiger partial charge < -0.3 is 4.98 Å². The van der Waals surface area contributed by atoms with Crippen molar-refractivity contribution < 1.29 is 0 Å². The van der Waals surface area contributed by atoms with Gasteiger partial charge in [0.1, 0.15) is 5.69 Å². The standard InChI is InChI=1S/C17H10N4/c18-10-11-5-6-14-15(9-11)21-17(20-14)16-13-4-2-1-3-12(13)7-8-19-16/h1-9H,(H,20,21). The molecule has 98 valence electrons. The van der Waals surface area contributed by atoms with Gasteiger partial charge >= 0.3 is 0 Å². The topological polar surface area (TPSA) is 65.4 Å². The van der Waals surface area contributed by atoms with Crippen molar-refractivity contribution in [3.05, 3.63) is 60.3 Å². The smallest absolute Gasteiger partial charge is 0.157 e. The average molecular weight is 270 g/mol. The van der Waals surface area contributed by atoms with Crippen LogP contribution in [0.2, 0.25) is 0 Å². The van der Waals surface area contributed by atoms with Crippen molar-refractivity contribution in [3.63, 3.8) is 0 Å². The molecule has 0 atom stereocenters. The number of aromatic nitrogens is 3. The number of imidazole rings is 1. The van der Waals surface area contributed by atoms with Crippen molar-refractivity contribution in [2.45, 2.75) is 0 Å². The second-order valence-electron chi connectivity index (χ2n) is 4.81. The highest BCUT2D eigenvalue weighted by Gasteiger charge is 2.10. The Hall–Kier alpha value is -3.19. The summed E-state index contributed by atoms with van der Waals surface area (Å²) in [5.74, 6) is 0.719. The maximum Gasteiger partial charge on any atom is 0.157 e. The number of fused-ring (bicyclic) bond motifs is 2. The zero-order valence-electron chi connectivity index (χ0n) is 11.0. The van der Waals surface area contributed by atoms with Crippen LogP contribution in [0.5, 0.6) is 0 Å². The van der Waals surface area contributed by atoms with Gasteiger partial charge in [-0.3, -0.25) is 4.98 Å². The first-order chi connectivity index (χ1) is 10.3. The van der Waals surface area contributed by atoms with E-state index in [9.17, 15) is 0 Å². The summed E-state index contributed by atoms with van der Waals surface area (Å²) in [5.41, 5.74) is 3.11. The van der Waals surface area contributed by atoms with Crippen LogP contribution in [0.15, 0.2) is 54.7 Å². The molecule has 2 aromatic carbocycles. The van der Waals surface area contributed by atoms with E-state index in [0.29, 0.717) is 5.56 Å². The lowest BCUT2D eigenvalue weighted by Gasteiger charge is -2.01. The van der Waals surface area contributed by atoms with Gasteiger partial charge in [-0.2, -0.15) is 5.26 Å². The molecule has 0 amide bonds. The summed E-state index contributed by atoms with van der Waals surface area (Å²) < 4.78 is 0. The van der Waals surface area contributed by atoms with E-state index in [-0.39, 0.29) is 0 Å². The highest BCUT2D eigenvalue weighted by Crippen LogP contribution is 2.26. The van der Waals surface area contributed by atoms with Crippen molar-refractivity contribution >= 4 is 21.8 Å². The monoisotopic (exact) mass is 270 g/mol. The maximum atomic E-state index is 8.97. The van der Waals surface area contributed by atoms with E-state index in [1.165, 1.54) is 0 Å². The van der Waals surface area contributed by atoms with E-state index < -0.39 is 0 Å². The molecule has 0 aliphatic heterocycles. The molecule has 4 aromatic rings. The first kappa shape index (κ1) is 11.6. The summed E-state index contributed by atoms with van der Waals surface area (Å²) >= 11 is 0. The van der Waals surface area contributed by atoms with Crippen LogP contribution in [0.4, 0.5) is 0 Å². The fourth-order valence-corrected chi connectivity index (χ4v) is 2.50. The Morgan fingerprint density at radius 3 is 2.86 bits per heavy atom. The van der Waals surface area contributed by atoms with Crippen LogP contribution < -0.4 is 0 Å². The Bertz CT molecular complexity index is 1000. The van der Waals surface area contributed by atoms with Crippen LogP contribution in [0.25, 0.3) is 33.3 Å². The number of pyridine rings is 1. The Kier molecular flexibility index (Phi) is 2.45. The number of nitrogens with zero attached hydrogens (tertiary/aromatic N) is 3. The molecular formula is C17H10N4. The molecule has 0 radical (unpaired) electrons. The fourth-order valence-electron chi connectivity index (χ4n) is 2.50. The van der Waals surface area contributed by atoms with E-state index in [0.717, 1.165) is 33.3 Å². The molecule has 4 rings (SSSR count). The molecule has 4 nitrogen and oxygen atoms in total. The van der Waals surface area contributed by atoms with Crippen LogP contribution in [0, 0.1) is 11.3 Å². The highest BCUT2D eigenvalue weighted by molar-refractivity contribution is 5.94. The SMILES string of the molecule is N#Cc1ccc2nc(-c3nccc4ccccc34)[nH]c2c1. The number of nitriles is 1. The molecule has 0 fully saturated rings. The Labute approximate surface area is 120 Å². The summed E-state index contributed by atoms with van der Waals surface area (Å²) in [6, 6.07) is 17.6. The zero-order valence-corrected chi connectivity index (χ0v) is 11.0. The number of H-pyrrole nitrogens is 1. The van der Waals surface area contributed by atoms with Gasteiger partial charge in [0.15, 0.2) is 5.82 Å². The van der Waals surface area contributed by atoms with E-state index in [2.05, 4.69) is 27.1 Å². The minimum absolute atomic E-state index is 0.614. The molecule has 21 heavy (non-hydrogen) atoms. The minimum atomic E-state index is 0.614. The van der Waals surface area contributed by atoms with Crippen molar-refractivity contribution in [1.29, 1.82) is 5.26 Å². The lowest BCUT2D eigenvalue weighted by Crippen LogP contribution is -1.87. The second-order valence-corrected chi connectivity index (χ2v) is 4.81. The molecule has 0 unspecified atom stereocenters. The molecule has 0 aliphatic carbocycles. The third kappa shape index (κ3) is 1.84. The average Bonchev–Trinajstić information content (AvgIpc) is 2.97. The molecule has 0 bridgehead atoms. The van der Waals surface area contributed by atoms with Crippen LogP contribution >= 0.6 is 0 Å². The number of nitrogens with one attached hydrogen (secondary N) is 1. The molecule has 4 heteroatoms. The van der Waals surface area contributed by atoms with Crippen LogP contribution in [-0.2, 0) is 0 Å². The normalized spacial score (nSPS) is 10.8. The summed E-state index contributed by atoms with van der Waals surface area (Å²) in [5, 5.41) is 11.1. The van der Waals surface area contributed by atoms with E-state index >= 15 is 0 Å². The molecule has 0 spiro atoms. The van der Waals surface area contributed by atoms with Crippen molar-refractivity contribution in [3.8, 4) is 17.6 Å². The van der Waals surface area contributed by atoms with E-state index in [1.54, 1.807) is 18.3 Å². The van der Waals surface area contributed by atoms with Gasteiger partial charge in [0.2, 0.25) is 0 Å². The molecule has 2 heterocycles. The van der Waals surface area contributed by atoms with Gasteiger partial charge in [0.25, 0.3) is 0 Å². The second kappa shape index (κ2) is 4.43. The van der Waals surface area contributed by atoms with Crippen molar-refractivity contribution in [2.24, 2.45) is 0 Å². The van der Waals surface area contributed by atoms with Crippen LogP contribution in [0.3, 0.4) is 0 Å². The Morgan fingerprint density at radius 1 is 1.05 bits per heavy atom. The Morgan fingerprint density at radius 2 is 1.95 bits per heavy atom. The first-order valence-electron chi connectivity index (χ1n) is 6.59. The zero-order chi connectivity index (χ0) is 14.2. The predicted molar refractivity (Wildman–Crippen MR) is 81.5 cm³/mol. The number of aromatic amines is 1. The van der Waals surface area contributed by atoms with Crippen LogP contribution in [-0.4, -0.2) is 15.0 Å². The third-order valence-electron chi connectivity index (χ3n) is 3.51. The van der Waals surface area contributed by atoms with E-state index in [4.69, 9.17) is 5.26 Å². The quantitative estimate of drug-likeness (QED) is 0.574. The summed E-state index contributed by atoms with van der Waals surface area (Å²) in [6.07, 6.45) is 1.78. The summed E-state index contributed by atoms with van der Waals surface area (Å²) in [7, 11) is 0. The van der Waals surface area contributed by atoms with Crippen LogP contribution in [0.1, 0.15) is 5.56 Å². The fraction of sp³-hybridized carbons (Fsp3) is 0. The number of hydrogen-bond donors (Lipinski definition) is 1. The number of benzene rings is 2. The van der Waals surface area contributed by atoms with Gasteiger partial charge in [0.05, 0.1) is 22.7 Å². The summed E-state index contributed by atoms with van der Waals surface area (Å²) in [4.78, 5) is 12.3. The third-order valence-corrected chi connectivity index (χ3v) is 3.51. The van der Waals surface area contributed by atoms with Gasteiger partial charge in [-0.15, -0.1) is 0 Å². The van der Waals surface area contributed by atoms with E-state index in [1.807, 2.05) is 30.3 Å². The predicted octanol–water partition coefficient (Wildman–Crippen LogP) is 3.65. The van der Waals surface area contributed by atoms with Gasteiger partial charge in [-0.05, 0) is 29.7 Å². The molecular weight excluding hydrogens is 260 g/mol. The van der Waals surface area contributed by atoms with Gasteiger partial charge in [0, 0.05) is 11.6 Å². The largest absolute Gasteiger partial charge is 0.337 e. The van der Waals surface area contributed by atoms with Gasteiger partial charge in [-0.25, -0.2) is 4.98 Å². The number of rotatable bonds is 1. The molecule has 0 saturated carbocycles. The minimum Gasteiger partial charge on any atom is -0.337 e. The Balaban J connectivity index is 1.98. The molecule has 0 aliphatic rings. The lowest BCUT2D eigenvalue weighted by molar-refractivity contribution is 1.26. The number of hydrogen-bond acceptors (Lipinski definition) is 3. The molecule has 2 aromatic heterocycles. The summed E-state index contributed by atoms with van der Waals surface area (Å²) in [6.45, 7) is 0. The highest BCUT2D eigenvalue weighted by atomic mass is 14.9. The molecule has 0 saturated heterocycles. The van der Waals surface area contributed by atoms with Crippen molar-refractivity contribution in [2.75, 3.05) is 0 Å². The lowest BCUT2D eigenvalue weighted by atomic mass is 10.1. The molecule has 1 N–H and O–H groups in total. The maximum absolute atomic E-state index is 8.97. The van der Waals surface area contributed by atoms with Crippen molar-refractivity contribution in [1.82, 2.24) is 15.0 Å². The first-order valence-corrected chi connectivity index (χ1v) is 6.59.